The fourth-order valence-electron chi connectivity index (χ4n) is 6.47. The number of halogens is 7. The van der Waals surface area contributed by atoms with Crippen molar-refractivity contribution in [3.63, 3.8) is 0 Å². The van der Waals surface area contributed by atoms with Crippen molar-refractivity contribution in [3.8, 4) is 28.0 Å². The largest absolute Gasteiger partial charge is 0.496 e. The predicted molar refractivity (Wildman–Crippen MR) is 174 cm³/mol. The highest BCUT2D eigenvalue weighted by atomic mass is 19.4. The molecule has 2 aliphatic rings. The first-order valence-electron chi connectivity index (χ1n) is 15.8. The van der Waals surface area contributed by atoms with E-state index in [0.29, 0.717) is 45.7 Å². The molecule has 0 saturated carbocycles. The Morgan fingerprint density at radius 3 is 2.19 bits per heavy atom. The minimum absolute atomic E-state index is 0.000889. The van der Waals surface area contributed by atoms with Gasteiger partial charge in [0, 0.05) is 17.3 Å². The molecule has 1 N–H and O–H groups in total. The predicted octanol–water partition coefficient (Wildman–Crippen LogP) is 8.49. The highest BCUT2D eigenvalue weighted by molar-refractivity contribution is 5.89. The van der Waals surface area contributed by atoms with Crippen LogP contribution in [-0.2, 0) is 23.6 Å². The van der Waals surface area contributed by atoms with E-state index in [-0.39, 0.29) is 42.9 Å². The summed E-state index contributed by atoms with van der Waals surface area (Å²) >= 11 is 0. The highest BCUT2D eigenvalue weighted by Crippen LogP contribution is 2.43. The maximum atomic E-state index is 14.5. The molecule has 0 radical (unpaired) electrons. The number of ether oxygens (including phenoxy) is 2. The van der Waals surface area contributed by atoms with Gasteiger partial charge >= 0.3 is 24.4 Å². The normalized spacial score (nSPS) is 18.6. The number of carbonyl (C=O) groups excluding carboxylic acids is 1. The lowest BCUT2D eigenvalue weighted by Gasteiger charge is -2.42. The highest BCUT2D eigenvalue weighted by Gasteiger charge is 2.44. The van der Waals surface area contributed by atoms with Gasteiger partial charge in [-0.25, -0.2) is 23.9 Å². The van der Waals surface area contributed by atoms with Crippen LogP contribution >= 0.6 is 0 Å². The smallest absolute Gasteiger partial charge is 0.416 e. The number of carboxylic acid groups (broad SMARTS) is 1. The molecule has 274 valence electrons. The van der Waals surface area contributed by atoms with Crippen molar-refractivity contribution in [1.29, 1.82) is 0 Å². The number of benzene rings is 3. The van der Waals surface area contributed by atoms with Gasteiger partial charge in [-0.3, -0.25) is 4.90 Å². The standard InChI is InChI=1S/C36H31F7N4O5/c1-18-9-21(31(48)49)5-7-25(18)20-6-8-29(51-4)26(12-20)27-14-44-32(46-16-34(3,37)17-46)45-28(27)15-47-19(2)30(52-33(47)50)22-10-23(35(38,39)40)13-24(11-22)36(41,42)43/h5-14,19,30H,15-17H2,1-4H3,(H,48,49). The molecule has 1 amide bonds. The topological polar surface area (TPSA) is 105 Å². The quantitative estimate of drug-likeness (QED) is 0.180. The molecule has 2 saturated heterocycles. The lowest BCUT2D eigenvalue weighted by molar-refractivity contribution is -0.143. The molecular formula is C36H31F7N4O5. The number of aryl methyl sites for hydroxylation is 1. The molecule has 6 rings (SSSR count). The van der Waals surface area contributed by atoms with Gasteiger partial charge in [0.15, 0.2) is 0 Å². The van der Waals surface area contributed by atoms with Crippen LogP contribution in [0.2, 0.25) is 0 Å². The van der Waals surface area contributed by atoms with E-state index in [2.05, 4.69) is 9.97 Å². The Hall–Kier alpha value is -5.41. The molecule has 16 heteroatoms. The summed E-state index contributed by atoms with van der Waals surface area (Å²) in [7, 11) is 1.43. The number of amides is 1. The molecule has 52 heavy (non-hydrogen) atoms. The van der Waals surface area contributed by atoms with E-state index in [1.165, 1.54) is 39.3 Å². The van der Waals surface area contributed by atoms with Gasteiger partial charge in [-0.05, 0) is 85.5 Å². The van der Waals surface area contributed by atoms with E-state index in [9.17, 15) is 45.4 Å². The number of hydrogen-bond donors (Lipinski definition) is 1. The number of hydrogen-bond acceptors (Lipinski definition) is 7. The van der Waals surface area contributed by atoms with Crippen LogP contribution in [-0.4, -0.2) is 63.9 Å². The van der Waals surface area contributed by atoms with Crippen molar-refractivity contribution in [2.24, 2.45) is 0 Å². The second kappa shape index (κ2) is 13.0. The zero-order valence-electron chi connectivity index (χ0n) is 28.1. The van der Waals surface area contributed by atoms with E-state index < -0.39 is 58.9 Å². The minimum Gasteiger partial charge on any atom is -0.496 e. The Morgan fingerprint density at radius 1 is 0.981 bits per heavy atom. The first-order chi connectivity index (χ1) is 24.3. The van der Waals surface area contributed by atoms with Crippen LogP contribution in [0.3, 0.4) is 0 Å². The molecule has 0 spiro atoms. The first-order valence-corrected chi connectivity index (χ1v) is 15.8. The van der Waals surface area contributed by atoms with Crippen molar-refractivity contribution in [2.45, 2.75) is 57.5 Å². The summed E-state index contributed by atoms with van der Waals surface area (Å²) in [4.78, 5) is 36.7. The molecule has 4 aromatic rings. The fourth-order valence-corrected chi connectivity index (χ4v) is 6.47. The van der Waals surface area contributed by atoms with Crippen molar-refractivity contribution in [1.82, 2.24) is 14.9 Å². The number of anilines is 1. The second-order valence-corrected chi connectivity index (χ2v) is 13.1. The number of nitrogens with zero attached hydrogens (tertiary/aromatic N) is 4. The Kier molecular flexibility index (Phi) is 9.08. The van der Waals surface area contributed by atoms with E-state index in [4.69, 9.17) is 9.47 Å². The van der Waals surface area contributed by atoms with E-state index in [1.807, 2.05) is 0 Å². The number of methoxy groups -OCH3 is 1. The minimum atomic E-state index is -5.11. The molecule has 9 nitrogen and oxygen atoms in total. The summed E-state index contributed by atoms with van der Waals surface area (Å²) in [6.45, 7) is 4.24. The lowest BCUT2D eigenvalue weighted by atomic mass is 9.94. The van der Waals surface area contributed by atoms with Crippen molar-refractivity contribution < 1.29 is 54.9 Å². The third kappa shape index (κ3) is 7.05. The van der Waals surface area contributed by atoms with Crippen molar-refractivity contribution >= 4 is 18.0 Å². The summed E-state index contributed by atoms with van der Waals surface area (Å²) in [5.74, 6) is -0.596. The maximum Gasteiger partial charge on any atom is 0.416 e. The maximum absolute atomic E-state index is 14.5. The number of carbonyl (C=O) groups is 2. The van der Waals surface area contributed by atoms with Crippen LogP contribution in [0.5, 0.6) is 5.75 Å². The SMILES string of the molecule is COc1ccc(-c2ccc(C(=O)O)cc2C)cc1-c1cnc(N2CC(C)(F)C2)nc1CN1C(=O)OC(c2cc(C(F)(F)F)cc(C(F)(F)F)c2)C1C. The van der Waals surface area contributed by atoms with Gasteiger partial charge in [0.1, 0.15) is 17.5 Å². The van der Waals surface area contributed by atoms with E-state index in [1.54, 1.807) is 36.1 Å². The number of aromatic carboxylic acids is 1. The molecule has 2 fully saturated rings. The number of carboxylic acids is 1. The average molecular weight is 733 g/mol. The number of cyclic esters (lactones) is 1. The summed E-state index contributed by atoms with van der Waals surface area (Å²) in [5.41, 5.74) is -1.93. The molecule has 3 aromatic carbocycles. The Balaban J connectivity index is 1.42. The van der Waals surface area contributed by atoms with Crippen LogP contribution in [0.4, 0.5) is 41.5 Å². The fraction of sp³-hybridized carbons (Fsp3) is 0.333. The third-order valence-corrected chi connectivity index (χ3v) is 9.10. The molecule has 1 aromatic heterocycles. The van der Waals surface area contributed by atoms with Crippen LogP contribution in [0.1, 0.15) is 58.3 Å². The summed E-state index contributed by atoms with van der Waals surface area (Å²) < 4.78 is 107. The number of rotatable bonds is 8. The van der Waals surface area contributed by atoms with Gasteiger partial charge in [-0.2, -0.15) is 26.3 Å². The number of alkyl halides is 7. The van der Waals surface area contributed by atoms with Gasteiger partial charge in [-0.1, -0.05) is 12.1 Å². The van der Waals surface area contributed by atoms with Crippen LogP contribution in [0.15, 0.2) is 60.8 Å². The van der Waals surface area contributed by atoms with Crippen molar-refractivity contribution in [3.05, 3.63) is 94.3 Å². The average Bonchev–Trinajstić information content (AvgIpc) is 3.34. The molecule has 3 heterocycles. The van der Waals surface area contributed by atoms with Gasteiger partial charge < -0.3 is 19.5 Å². The van der Waals surface area contributed by atoms with Gasteiger partial charge in [0.05, 0.1) is 55.2 Å². The monoisotopic (exact) mass is 732 g/mol. The molecule has 0 bridgehead atoms. The Labute approximate surface area is 292 Å². The van der Waals surface area contributed by atoms with Gasteiger partial charge in [0.25, 0.3) is 0 Å². The van der Waals surface area contributed by atoms with Gasteiger partial charge in [-0.15, -0.1) is 0 Å². The lowest BCUT2D eigenvalue weighted by Crippen LogP contribution is -2.57. The Morgan fingerprint density at radius 2 is 1.63 bits per heavy atom. The van der Waals surface area contributed by atoms with E-state index in [0.717, 1.165) is 4.90 Å². The molecule has 2 unspecified atom stereocenters. The summed E-state index contributed by atoms with van der Waals surface area (Å²) in [6, 6.07) is 9.82. The zero-order chi connectivity index (χ0) is 37.9. The van der Waals surface area contributed by atoms with Crippen molar-refractivity contribution in [2.75, 3.05) is 25.1 Å². The van der Waals surface area contributed by atoms with Crippen LogP contribution in [0, 0.1) is 6.92 Å². The van der Waals surface area contributed by atoms with E-state index >= 15 is 0 Å². The molecule has 0 aliphatic carbocycles. The molecule has 2 aliphatic heterocycles. The van der Waals surface area contributed by atoms with Crippen LogP contribution < -0.4 is 9.64 Å². The second-order valence-electron chi connectivity index (χ2n) is 13.1. The third-order valence-electron chi connectivity index (χ3n) is 9.10. The number of aromatic nitrogens is 2. The first kappa shape index (κ1) is 36.4. The zero-order valence-corrected chi connectivity index (χ0v) is 28.1. The molecular weight excluding hydrogens is 701 g/mol. The van der Waals surface area contributed by atoms with Gasteiger partial charge in [0.2, 0.25) is 5.95 Å². The Bertz CT molecular complexity index is 2030. The molecule has 2 atom stereocenters. The summed E-state index contributed by atoms with van der Waals surface area (Å²) in [6.07, 6.45) is -11.3. The van der Waals surface area contributed by atoms with Crippen LogP contribution in [0.25, 0.3) is 22.3 Å². The summed E-state index contributed by atoms with van der Waals surface area (Å²) in [5, 5.41) is 9.42.